The predicted octanol–water partition coefficient (Wildman–Crippen LogP) is 4.65. The van der Waals surface area contributed by atoms with Gasteiger partial charge in [-0.3, -0.25) is 4.79 Å². The molecule has 24 heavy (non-hydrogen) atoms. The van der Waals surface area contributed by atoms with Crippen molar-refractivity contribution in [3.63, 3.8) is 0 Å². The van der Waals surface area contributed by atoms with Gasteiger partial charge in [0.25, 0.3) is 0 Å². The Morgan fingerprint density at radius 2 is 1.96 bits per heavy atom. The molecular weight excluding hydrogens is 342 g/mol. The number of carbonyl (C=O) groups is 2. The lowest BCUT2D eigenvalue weighted by molar-refractivity contribution is -0.116. The lowest BCUT2D eigenvalue weighted by Gasteiger charge is -2.22. The zero-order chi connectivity index (χ0) is 16.7. The largest absolute Gasteiger partial charge is 0.477 e. The molecule has 3 heterocycles. The van der Waals surface area contributed by atoms with Crippen LogP contribution in [0.5, 0.6) is 0 Å². The maximum atomic E-state index is 12.2. The van der Waals surface area contributed by atoms with Crippen molar-refractivity contribution in [1.29, 1.82) is 0 Å². The highest BCUT2D eigenvalue weighted by molar-refractivity contribution is 7.15. The van der Waals surface area contributed by atoms with Crippen molar-refractivity contribution >= 4 is 40.2 Å². The molecule has 0 spiro atoms. The van der Waals surface area contributed by atoms with E-state index in [1.165, 1.54) is 11.3 Å². The third-order valence-corrected chi connectivity index (χ3v) is 6.33. The second kappa shape index (κ2) is 5.89. The number of carbonyl (C=O) groups excluding carboxylic acids is 1. The smallest absolute Gasteiger partial charge is 0.346 e. The number of benzene rings is 1. The number of hydrogen-bond donors (Lipinski definition) is 2. The van der Waals surface area contributed by atoms with E-state index in [0.717, 1.165) is 15.3 Å². The minimum atomic E-state index is -0.965. The molecule has 0 saturated heterocycles. The molecule has 2 aromatic heterocycles. The van der Waals surface area contributed by atoms with Crippen LogP contribution in [0.1, 0.15) is 31.8 Å². The van der Waals surface area contributed by atoms with Crippen LogP contribution in [-0.4, -0.2) is 17.0 Å². The van der Waals surface area contributed by atoms with Crippen molar-refractivity contribution in [2.45, 2.75) is 12.3 Å². The van der Waals surface area contributed by atoms with Crippen LogP contribution in [0.25, 0.3) is 11.1 Å². The molecule has 1 aromatic carbocycles. The summed E-state index contributed by atoms with van der Waals surface area (Å²) in [5, 5.41) is 14.5. The van der Waals surface area contributed by atoms with Gasteiger partial charge in [-0.25, -0.2) is 4.79 Å². The number of carboxylic acid groups (broad SMARTS) is 1. The minimum absolute atomic E-state index is 0.0747. The third-order valence-electron chi connectivity index (χ3n) is 4.05. The van der Waals surface area contributed by atoms with Gasteiger partial charge in [-0.15, -0.1) is 22.7 Å². The van der Waals surface area contributed by atoms with Gasteiger partial charge in [0, 0.05) is 27.7 Å². The second-order valence-corrected chi connectivity index (χ2v) is 7.57. The molecule has 2 N–H and O–H groups in total. The van der Waals surface area contributed by atoms with Crippen LogP contribution in [0.3, 0.4) is 0 Å². The molecule has 0 bridgehead atoms. The van der Waals surface area contributed by atoms with Crippen molar-refractivity contribution in [3.05, 3.63) is 62.5 Å². The van der Waals surface area contributed by atoms with Crippen molar-refractivity contribution in [2.75, 3.05) is 5.32 Å². The highest BCUT2D eigenvalue weighted by Crippen LogP contribution is 2.49. The summed E-state index contributed by atoms with van der Waals surface area (Å²) in [5.74, 6) is -1.12. The van der Waals surface area contributed by atoms with Gasteiger partial charge >= 0.3 is 5.97 Å². The SMILES string of the molecule is O=C1C[C@H](c2cccs2)c2sc(C(=O)O)c(-c3ccccc3)c2N1. The van der Waals surface area contributed by atoms with Crippen LogP contribution in [-0.2, 0) is 4.79 Å². The van der Waals surface area contributed by atoms with Gasteiger partial charge in [0.1, 0.15) is 4.88 Å². The molecule has 1 aliphatic rings. The van der Waals surface area contributed by atoms with Gasteiger partial charge in [-0.05, 0) is 17.0 Å². The van der Waals surface area contributed by atoms with E-state index in [1.807, 2.05) is 47.8 Å². The average Bonchev–Trinajstić information content (AvgIpc) is 3.22. The molecule has 1 amide bonds. The number of amides is 1. The summed E-state index contributed by atoms with van der Waals surface area (Å²) in [4.78, 5) is 26.3. The Bertz CT molecular complexity index is 913. The number of aromatic carboxylic acids is 1. The molecule has 6 heteroatoms. The summed E-state index contributed by atoms with van der Waals surface area (Å²) < 4.78 is 0. The lowest BCUT2D eigenvalue weighted by atomic mass is 9.93. The Hall–Kier alpha value is -2.44. The number of nitrogens with one attached hydrogen (secondary N) is 1. The molecule has 1 atom stereocenters. The van der Waals surface area contributed by atoms with Crippen LogP contribution in [0.2, 0.25) is 0 Å². The van der Waals surface area contributed by atoms with Gasteiger partial charge < -0.3 is 10.4 Å². The molecule has 0 aliphatic carbocycles. The normalized spacial score (nSPS) is 16.5. The Balaban J connectivity index is 1.96. The van der Waals surface area contributed by atoms with Gasteiger partial charge in [0.2, 0.25) is 5.91 Å². The highest BCUT2D eigenvalue weighted by atomic mass is 32.1. The second-order valence-electron chi connectivity index (χ2n) is 5.54. The summed E-state index contributed by atoms with van der Waals surface area (Å²) in [5.41, 5.74) is 2.07. The van der Waals surface area contributed by atoms with E-state index in [1.54, 1.807) is 11.3 Å². The molecule has 4 rings (SSSR count). The quantitative estimate of drug-likeness (QED) is 0.719. The molecule has 120 valence electrons. The maximum Gasteiger partial charge on any atom is 0.346 e. The van der Waals surface area contributed by atoms with Crippen LogP contribution < -0.4 is 5.32 Å². The molecule has 1 aliphatic heterocycles. The first-order chi connectivity index (χ1) is 11.6. The monoisotopic (exact) mass is 355 g/mol. The minimum Gasteiger partial charge on any atom is -0.477 e. The third kappa shape index (κ3) is 2.44. The highest BCUT2D eigenvalue weighted by Gasteiger charge is 2.34. The molecule has 0 saturated carbocycles. The molecule has 3 aromatic rings. The number of thiophene rings is 2. The standard InChI is InChI=1S/C18H13NO3S2/c20-13-9-11(12-7-4-8-23-12)16-15(19-13)14(17(24-16)18(21)22)10-5-2-1-3-6-10/h1-8,11H,9H2,(H,19,20)(H,21,22)/t11-/m1/s1. The zero-order valence-electron chi connectivity index (χ0n) is 12.5. The summed E-state index contributed by atoms with van der Waals surface area (Å²) in [6, 6.07) is 13.3. The first kappa shape index (κ1) is 15.1. The number of anilines is 1. The lowest BCUT2D eigenvalue weighted by Crippen LogP contribution is -2.22. The fourth-order valence-corrected chi connectivity index (χ4v) is 5.19. The van der Waals surface area contributed by atoms with Crippen molar-refractivity contribution in [2.24, 2.45) is 0 Å². The van der Waals surface area contributed by atoms with E-state index in [2.05, 4.69) is 5.32 Å². The summed E-state index contributed by atoms with van der Waals surface area (Å²) in [6.07, 6.45) is 0.349. The first-order valence-electron chi connectivity index (χ1n) is 7.44. The van der Waals surface area contributed by atoms with Crippen molar-refractivity contribution in [1.82, 2.24) is 0 Å². The van der Waals surface area contributed by atoms with Crippen LogP contribution in [0, 0.1) is 0 Å². The fourth-order valence-electron chi connectivity index (χ4n) is 3.04. The van der Waals surface area contributed by atoms with Gasteiger partial charge in [0.05, 0.1) is 5.69 Å². The number of carboxylic acids is 1. The fraction of sp³-hybridized carbons (Fsp3) is 0.111. The van der Waals surface area contributed by atoms with E-state index < -0.39 is 5.97 Å². The van der Waals surface area contributed by atoms with Crippen molar-refractivity contribution < 1.29 is 14.7 Å². The van der Waals surface area contributed by atoms with E-state index in [4.69, 9.17) is 0 Å². The Labute approximate surface area is 146 Å². The number of hydrogen-bond acceptors (Lipinski definition) is 4. The van der Waals surface area contributed by atoms with E-state index in [-0.39, 0.29) is 16.7 Å². The van der Waals surface area contributed by atoms with E-state index >= 15 is 0 Å². The molecule has 0 radical (unpaired) electrons. The topological polar surface area (TPSA) is 66.4 Å². The Kier molecular flexibility index (Phi) is 3.70. The van der Waals surface area contributed by atoms with Crippen LogP contribution >= 0.6 is 22.7 Å². The predicted molar refractivity (Wildman–Crippen MR) is 96.1 cm³/mol. The van der Waals surface area contributed by atoms with E-state index in [0.29, 0.717) is 17.7 Å². The maximum absolute atomic E-state index is 12.2. The van der Waals surface area contributed by atoms with Gasteiger partial charge in [0.15, 0.2) is 0 Å². The van der Waals surface area contributed by atoms with Crippen LogP contribution in [0.4, 0.5) is 5.69 Å². The summed E-state index contributed by atoms with van der Waals surface area (Å²) >= 11 is 2.86. The van der Waals surface area contributed by atoms with Gasteiger partial charge in [-0.2, -0.15) is 0 Å². The first-order valence-corrected chi connectivity index (χ1v) is 9.13. The molecule has 4 nitrogen and oxygen atoms in total. The van der Waals surface area contributed by atoms with Gasteiger partial charge in [-0.1, -0.05) is 36.4 Å². The zero-order valence-corrected chi connectivity index (χ0v) is 14.1. The Morgan fingerprint density at radius 3 is 2.62 bits per heavy atom. The van der Waals surface area contributed by atoms with Crippen molar-refractivity contribution in [3.8, 4) is 11.1 Å². The Morgan fingerprint density at radius 1 is 1.17 bits per heavy atom. The number of rotatable bonds is 3. The molecular formula is C18H13NO3S2. The number of fused-ring (bicyclic) bond motifs is 1. The summed E-state index contributed by atoms with van der Waals surface area (Å²) in [6.45, 7) is 0. The van der Waals surface area contributed by atoms with E-state index in [9.17, 15) is 14.7 Å². The molecule has 0 fully saturated rings. The summed E-state index contributed by atoms with van der Waals surface area (Å²) in [7, 11) is 0. The molecule has 0 unspecified atom stereocenters. The average molecular weight is 355 g/mol. The van der Waals surface area contributed by atoms with Crippen LogP contribution in [0.15, 0.2) is 47.8 Å².